The fourth-order valence-corrected chi connectivity index (χ4v) is 1.42. The molecule has 5 nitrogen and oxygen atoms in total. The zero-order valence-corrected chi connectivity index (χ0v) is 9.40. The third-order valence-corrected chi connectivity index (χ3v) is 2.24. The maximum Gasteiger partial charge on any atom is 0.223 e. The number of hydrogen-bond donors (Lipinski definition) is 2. The van der Waals surface area contributed by atoms with Gasteiger partial charge in [-0.1, -0.05) is 13.3 Å². The van der Waals surface area contributed by atoms with Crippen molar-refractivity contribution >= 4 is 17.6 Å². The molecule has 0 aromatic carbocycles. The lowest BCUT2D eigenvalue weighted by atomic mass is 10.3. The van der Waals surface area contributed by atoms with Crippen LogP contribution in [0, 0.1) is 0 Å². The number of nitrogens with zero attached hydrogens (tertiary/aromatic N) is 3. The zero-order valence-electron chi connectivity index (χ0n) is 9.40. The highest BCUT2D eigenvalue weighted by atomic mass is 15.2. The van der Waals surface area contributed by atoms with Gasteiger partial charge in [0, 0.05) is 19.2 Å². The van der Waals surface area contributed by atoms with E-state index in [9.17, 15) is 0 Å². The van der Waals surface area contributed by atoms with Gasteiger partial charge in [0.1, 0.15) is 11.6 Å². The summed E-state index contributed by atoms with van der Waals surface area (Å²) in [5.74, 6) is 1.48. The minimum Gasteiger partial charge on any atom is -0.383 e. The highest BCUT2D eigenvalue weighted by molar-refractivity contribution is 5.50. The largest absolute Gasteiger partial charge is 0.383 e. The number of rotatable bonds is 5. The molecule has 0 bridgehead atoms. The molecule has 1 rings (SSSR count). The Bertz CT molecular complexity index is 292. The Labute approximate surface area is 90.5 Å². The van der Waals surface area contributed by atoms with Crippen LogP contribution in [0.3, 0.4) is 0 Å². The number of anilines is 3. The SMILES string of the molecule is CCCCN(CC)c1cc(N)nc(N)n1. The van der Waals surface area contributed by atoms with Gasteiger partial charge in [-0.3, -0.25) is 0 Å². The first kappa shape index (κ1) is 11.6. The Morgan fingerprint density at radius 3 is 2.53 bits per heavy atom. The summed E-state index contributed by atoms with van der Waals surface area (Å²) in [7, 11) is 0. The first-order chi connectivity index (χ1) is 7.17. The van der Waals surface area contributed by atoms with E-state index in [-0.39, 0.29) is 5.95 Å². The summed E-state index contributed by atoms with van der Waals surface area (Å²) in [6, 6.07) is 1.76. The molecule has 1 aromatic rings. The van der Waals surface area contributed by atoms with Crippen LogP contribution in [0.2, 0.25) is 0 Å². The quantitative estimate of drug-likeness (QED) is 0.763. The average Bonchev–Trinajstić information content (AvgIpc) is 2.17. The van der Waals surface area contributed by atoms with Crippen LogP contribution in [0.1, 0.15) is 26.7 Å². The monoisotopic (exact) mass is 209 g/mol. The van der Waals surface area contributed by atoms with Crippen molar-refractivity contribution in [2.45, 2.75) is 26.7 Å². The third kappa shape index (κ3) is 3.27. The molecular formula is C10H19N5. The molecular weight excluding hydrogens is 190 g/mol. The summed E-state index contributed by atoms with van der Waals surface area (Å²) < 4.78 is 0. The average molecular weight is 209 g/mol. The van der Waals surface area contributed by atoms with E-state index in [0.717, 1.165) is 31.7 Å². The van der Waals surface area contributed by atoms with Crippen molar-refractivity contribution in [1.29, 1.82) is 0 Å². The maximum atomic E-state index is 5.62. The third-order valence-electron chi connectivity index (χ3n) is 2.24. The molecule has 0 fully saturated rings. The standard InChI is InChI=1S/C10H19N5/c1-3-5-6-15(4-2)9-7-8(11)13-10(12)14-9/h7H,3-6H2,1-2H3,(H4,11,12,13,14). The molecule has 15 heavy (non-hydrogen) atoms. The summed E-state index contributed by atoms with van der Waals surface area (Å²) in [6.07, 6.45) is 2.30. The van der Waals surface area contributed by atoms with Crippen LogP contribution in [0.15, 0.2) is 6.07 Å². The van der Waals surface area contributed by atoms with Crippen molar-refractivity contribution in [1.82, 2.24) is 9.97 Å². The normalized spacial score (nSPS) is 10.3. The van der Waals surface area contributed by atoms with Crippen LogP contribution < -0.4 is 16.4 Å². The van der Waals surface area contributed by atoms with Crippen molar-refractivity contribution in [3.63, 3.8) is 0 Å². The van der Waals surface area contributed by atoms with Crippen molar-refractivity contribution < 1.29 is 0 Å². The van der Waals surface area contributed by atoms with Crippen molar-refractivity contribution in [2.24, 2.45) is 0 Å². The Morgan fingerprint density at radius 2 is 2.00 bits per heavy atom. The molecule has 0 amide bonds. The molecule has 0 spiro atoms. The van der Waals surface area contributed by atoms with E-state index < -0.39 is 0 Å². The van der Waals surface area contributed by atoms with Crippen LogP contribution >= 0.6 is 0 Å². The summed E-state index contributed by atoms with van der Waals surface area (Å²) in [5, 5.41) is 0. The molecule has 0 atom stereocenters. The van der Waals surface area contributed by atoms with Crippen LogP contribution in [0.4, 0.5) is 17.6 Å². The first-order valence-electron chi connectivity index (χ1n) is 5.32. The molecule has 84 valence electrons. The molecule has 0 aliphatic rings. The number of hydrogen-bond acceptors (Lipinski definition) is 5. The highest BCUT2D eigenvalue weighted by Gasteiger charge is 2.07. The van der Waals surface area contributed by atoms with Gasteiger partial charge in [0.2, 0.25) is 5.95 Å². The van der Waals surface area contributed by atoms with Gasteiger partial charge in [-0.2, -0.15) is 9.97 Å². The Hall–Kier alpha value is -1.52. The predicted molar refractivity (Wildman–Crippen MR) is 63.7 cm³/mol. The van der Waals surface area contributed by atoms with Crippen LogP contribution in [0.25, 0.3) is 0 Å². The van der Waals surface area contributed by atoms with E-state index in [1.54, 1.807) is 6.07 Å². The van der Waals surface area contributed by atoms with Crippen molar-refractivity contribution in [3.05, 3.63) is 6.07 Å². The van der Waals surface area contributed by atoms with Gasteiger partial charge in [0.25, 0.3) is 0 Å². The summed E-state index contributed by atoms with van der Waals surface area (Å²) in [5.41, 5.74) is 11.2. The molecule has 4 N–H and O–H groups in total. The fraction of sp³-hybridized carbons (Fsp3) is 0.600. The molecule has 1 heterocycles. The Morgan fingerprint density at radius 1 is 1.27 bits per heavy atom. The van der Waals surface area contributed by atoms with Crippen LogP contribution in [-0.4, -0.2) is 23.1 Å². The summed E-state index contributed by atoms with van der Waals surface area (Å²) in [6.45, 7) is 6.12. The molecule has 5 heteroatoms. The van der Waals surface area contributed by atoms with E-state index in [1.165, 1.54) is 0 Å². The van der Waals surface area contributed by atoms with Crippen molar-refractivity contribution in [3.8, 4) is 0 Å². The lowest BCUT2D eigenvalue weighted by molar-refractivity contribution is 0.724. The minimum atomic E-state index is 0.236. The van der Waals surface area contributed by atoms with E-state index >= 15 is 0 Å². The second kappa shape index (κ2) is 5.38. The summed E-state index contributed by atoms with van der Waals surface area (Å²) >= 11 is 0. The lowest BCUT2D eigenvalue weighted by Gasteiger charge is -2.21. The molecule has 1 aromatic heterocycles. The van der Waals surface area contributed by atoms with Crippen molar-refractivity contribution in [2.75, 3.05) is 29.5 Å². The Kier molecular flexibility index (Phi) is 4.15. The molecule has 0 aliphatic carbocycles. The van der Waals surface area contributed by atoms with Gasteiger partial charge >= 0.3 is 0 Å². The van der Waals surface area contributed by atoms with Gasteiger partial charge in [0.05, 0.1) is 0 Å². The second-order valence-corrected chi connectivity index (χ2v) is 3.44. The number of nitrogen functional groups attached to an aromatic ring is 2. The van der Waals surface area contributed by atoms with Gasteiger partial charge in [0.15, 0.2) is 0 Å². The molecule has 0 saturated carbocycles. The second-order valence-electron chi connectivity index (χ2n) is 3.44. The molecule has 0 saturated heterocycles. The molecule has 0 radical (unpaired) electrons. The minimum absolute atomic E-state index is 0.236. The highest BCUT2D eigenvalue weighted by Crippen LogP contribution is 2.15. The maximum absolute atomic E-state index is 5.62. The van der Waals surface area contributed by atoms with E-state index in [1.807, 2.05) is 0 Å². The number of aromatic nitrogens is 2. The number of nitrogens with two attached hydrogens (primary N) is 2. The first-order valence-corrected chi connectivity index (χ1v) is 5.32. The Balaban J connectivity index is 2.81. The molecule has 0 aliphatic heterocycles. The van der Waals surface area contributed by atoms with Gasteiger partial charge < -0.3 is 16.4 Å². The molecule has 0 unspecified atom stereocenters. The van der Waals surface area contributed by atoms with Gasteiger partial charge in [-0.05, 0) is 13.3 Å². The topological polar surface area (TPSA) is 81.1 Å². The van der Waals surface area contributed by atoms with E-state index in [4.69, 9.17) is 11.5 Å². The lowest BCUT2D eigenvalue weighted by Crippen LogP contribution is -2.25. The summed E-state index contributed by atoms with van der Waals surface area (Å²) in [4.78, 5) is 10.2. The van der Waals surface area contributed by atoms with Gasteiger partial charge in [-0.15, -0.1) is 0 Å². The smallest absolute Gasteiger partial charge is 0.223 e. The number of unbranched alkanes of at least 4 members (excludes halogenated alkanes) is 1. The zero-order chi connectivity index (χ0) is 11.3. The van der Waals surface area contributed by atoms with E-state index in [2.05, 4.69) is 28.7 Å². The van der Waals surface area contributed by atoms with Gasteiger partial charge in [-0.25, -0.2) is 0 Å². The van der Waals surface area contributed by atoms with Crippen LogP contribution in [0.5, 0.6) is 0 Å². The predicted octanol–water partition coefficient (Wildman–Crippen LogP) is 1.27. The van der Waals surface area contributed by atoms with E-state index in [0.29, 0.717) is 5.82 Å². The van der Waals surface area contributed by atoms with Crippen LogP contribution in [-0.2, 0) is 0 Å². The fourth-order valence-electron chi connectivity index (χ4n) is 1.42.